The van der Waals surface area contributed by atoms with Gasteiger partial charge in [-0.15, -0.1) is 0 Å². The molecule has 0 saturated heterocycles. The second kappa shape index (κ2) is 7.08. The molecule has 9 heteroatoms. The lowest BCUT2D eigenvalue weighted by atomic mass is 10.1. The van der Waals surface area contributed by atoms with Gasteiger partial charge in [0.1, 0.15) is 24.3 Å². The van der Waals surface area contributed by atoms with Crippen LogP contribution in [0.1, 0.15) is 11.1 Å². The van der Waals surface area contributed by atoms with Gasteiger partial charge in [0.25, 0.3) is 5.56 Å². The molecule has 0 N–H and O–H groups in total. The number of nitrogens with zero attached hydrogens (tertiary/aromatic N) is 2. The Kier molecular flexibility index (Phi) is 4.57. The molecule has 4 rings (SSSR count). The van der Waals surface area contributed by atoms with Crippen molar-refractivity contribution in [1.29, 1.82) is 0 Å². The summed E-state index contributed by atoms with van der Waals surface area (Å²) < 4.78 is 49.8. The minimum Gasteiger partial charge on any atom is -0.459 e. The number of alkyl halides is 3. The number of hydrogen-bond acceptors (Lipinski definition) is 5. The molecule has 0 aliphatic rings. The number of rotatable bonds is 4. The Balaban J connectivity index is 1.50. The number of fused-ring (bicyclic) bond motifs is 3. The van der Waals surface area contributed by atoms with Gasteiger partial charge in [-0.05, 0) is 29.8 Å². The van der Waals surface area contributed by atoms with Crippen LogP contribution >= 0.6 is 0 Å². The van der Waals surface area contributed by atoms with E-state index in [0.29, 0.717) is 16.5 Å². The third-order valence-electron chi connectivity index (χ3n) is 4.30. The predicted octanol–water partition coefficient (Wildman–Crippen LogP) is 3.90. The summed E-state index contributed by atoms with van der Waals surface area (Å²) in [6.07, 6.45) is -3.28. The maximum absolute atomic E-state index is 12.7. The molecule has 0 atom stereocenters. The third kappa shape index (κ3) is 3.71. The van der Waals surface area contributed by atoms with Crippen molar-refractivity contribution in [3.05, 3.63) is 76.3 Å². The van der Waals surface area contributed by atoms with Crippen LogP contribution in [0, 0.1) is 0 Å². The van der Waals surface area contributed by atoms with Crippen LogP contribution in [0.4, 0.5) is 13.2 Å². The quantitative estimate of drug-likeness (QED) is 0.484. The van der Waals surface area contributed by atoms with Gasteiger partial charge in [0.15, 0.2) is 0 Å². The van der Waals surface area contributed by atoms with Crippen molar-refractivity contribution in [3.63, 3.8) is 0 Å². The van der Waals surface area contributed by atoms with Crippen LogP contribution in [-0.4, -0.2) is 15.5 Å². The summed E-state index contributed by atoms with van der Waals surface area (Å²) >= 11 is 0. The predicted molar refractivity (Wildman–Crippen MR) is 97.0 cm³/mol. The largest absolute Gasteiger partial charge is 0.459 e. The van der Waals surface area contributed by atoms with E-state index in [-0.39, 0.29) is 17.8 Å². The summed E-state index contributed by atoms with van der Waals surface area (Å²) in [6, 6.07) is 11.5. The molecule has 0 aliphatic heterocycles. The van der Waals surface area contributed by atoms with Crippen LogP contribution in [0.25, 0.3) is 22.1 Å². The number of carbonyl (C=O) groups is 1. The van der Waals surface area contributed by atoms with Crippen molar-refractivity contribution in [2.24, 2.45) is 0 Å². The van der Waals surface area contributed by atoms with Crippen LogP contribution in [-0.2, 0) is 28.9 Å². The fourth-order valence-electron chi connectivity index (χ4n) is 2.91. The van der Waals surface area contributed by atoms with Crippen molar-refractivity contribution in [1.82, 2.24) is 9.55 Å². The number of ether oxygens (including phenoxy) is 1. The van der Waals surface area contributed by atoms with E-state index in [1.54, 1.807) is 24.3 Å². The van der Waals surface area contributed by atoms with Gasteiger partial charge in [-0.1, -0.05) is 24.3 Å². The summed E-state index contributed by atoms with van der Waals surface area (Å²) in [5, 5.41) is 0.680. The highest BCUT2D eigenvalue weighted by Gasteiger charge is 2.30. The number of hydrogen-bond donors (Lipinski definition) is 0. The van der Waals surface area contributed by atoms with Crippen LogP contribution in [0.15, 0.2) is 64.1 Å². The number of carbonyl (C=O) groups excluding carboxylic acids is 1. The van der Waals surface area contributed by atoms with E-state index >= 15 is 0 Å². The zero-order valence-electron chi connectivity index (χ0n) is 14.8. The highest BCUT2D eigenvalue weighted by atomic mass is 19.4. The highest BCUT2D eigenvalue weighted by Crippen LogP contribution is 2.29. The molecule has 0 spiro atoms. The van der Waals surface area contributed by atoms with Crippen molar-refractivity contribution in [2.75, 3.05) is 0 Å². The fraction of sp³-hybridized carbons (Fsp3) is 0.150. The number of para-hydroxylation sites is 1. The summed E-state index contributed by atoms with van der Waals surface area (Å²) in [4.78, 5) is 28.8. The molecule has 0 amide bonds. The number of furan rings is 1. The van der Waals surface area contributed by atoms with Gasteiger partial charge in [0, 0.05) is 5.39 Å². The van der Waals surface area contributed by atoms with Crippen molar-refractivity contribution in [3.8, 4) is 0 Å². The highest BCUT2D eigenvalue weighted by molar-refractivity contribution is 6.01. The molecule has 0 aliphatic carbocycles. The Hall–Kier alpha value is -3.62. The minimum atomic E-state index is -4.49. The van der Waals surface area contributed by atoms with E-state index in [2.05, 4.69) is 4.98 Å². The van der Waals surface area contributed by atoms with Crippen LogP contribution in [0.5, 0.6) is 0 Å². The molecule has 6 nitrogen and oxygen atoms in total. The molecule has 0 fully saturated rings. The van der Waals surface area contributed by atoms with E-state index in [1.807, 2.05) is 0 Å². The monoisotopic (exact) mass is 402 g/mol. The first-order valence-corrected chi connectivity index (χ1v) is 8.51. The van der Waals surface area contributed by atoms with Crippen molar-refractivity contribution in [2.45, 2.75) is 19.3 Å². The van der Waals surface area contributed by atoms with E-state index in [4.69, 9.17) is 9.15 Å². The van der Waals surface area contributed by atoms with Crippen LogP contribution in [0.3, 0.4) is 0 Å². The minimum absolute atomic E-state index is 0.0133. The summed E-state index contributed by atoms with van der Waals surface area (Å²) in [5.74, 6) is -0.790. The van der Waals surface area contributed by atoms with Gasteiger partial charge in [-0.2, -0.15) is 13.2 Å². The molecule has 2 aromatic carbocycles. The van der Waals surface area contributed by atoms with Crippen LogP contribution < -0.4 is 5.56 Å². The van der Waals surface area contributed by atoms with Gasteiger partial charge < -0.3 is 9.15 Å². The third-order valence-corrected chi connectivity index (χ3v) is 4.30. The second-order valence-electron chi connectivity index (χ2n) is 6.31. The Morgan fingerprint density at radius 1 is 1.14 bits per heavy atom. The van der Waals surface area contributed by atoms with Gasteiger partial charge in [-0.25, -0.2) is 4.98 Å². The second-order valence-corrected chi connectivity index (χ2v) is 6.31. The lowest BCUT2D eigenvalue weighted by Crippen LogP contribution is -2.25. The molecule has 29 heavy (non-hydrogen) atoms. The zero-order chi connectivity index (χ0) is 20.6. The molecule has 0 unspecified atom stereocenters. The Bertz CT molecular complexity index is 1270. The topological polar surface area (TPSA) is 74.3 Å². The molecule has 0 radical (unpaired) electrons. The summed E-state index contributed by atoms with van der Waals surface area (Å²) in [5.41, 5.74) is -0.300. The lowest BCUT2D eigenvalue weighted by molar-refractivity contribution is -0.145. The Morgan fingerprint density at radius 3 is 2.72 bits per heavy atom. The average Bonchev–Trinajstić information content (AvgIpc) is 3.08. The van der Waals surface area contributed by atoms with Gasteiger partial charge in [-0.3, -0.25) is 14.2 Å². The molecule has 2 aromatic heterocycles. The van der Waals surface area contributed by atoms with E-state index in [9.17, 15) is 22.8 Å². The zero-order valence-corrected chi connectivity index (χ0v) is 14.8. The molecular formula is C20H13F3N2O4. The summed E-state index contributed by atoms with van der Waals surface area (Å²) in [7, 11) is 0. The van der Waals surface area contributed by atoms with Gasteiger partial charge >= 0.3 is 12.1 Å². The fourth-order valence-corrected chi connectivity index (χ4v) is 2.91. The standard InChI is InChI=1S/C20H13F3N2O4/c21-20(22,23)13-5-3-4-12(8-13)10-28-16(26)9-25-11-24-17-14-6-1-2-7-15(14)29-18(17)19(25)27/h1-8,11H,9-10H2. The first-order valence-electron chi connectivity index (χ1n) is 8.51. The first kappa shape index (κ1) is 18.7. The Morgan fingerprint density at radius 2 is 1.93 bits per heavy atom. The SMILES string of the molecule is O=C(Cn1cnc2c(oc3ccccc32)c1=O)OCc1cccc(C(F)(F)F)c1. The van der Waals surface area contributed by atoms with E-state index < -0.39 is 29.8 Å². The Labute approximate surface area is 161 Å². The van der Waals surface area contributed by atoms with Gasteiger partial charge in [0.05, 0.1) is 11.9 Å². The van der Waals surface area contributed by atoms with Crippen LogP contribution in [0.2, 0.25) is 0 Å². The van der Waals surface area contributed by atoms with Crippen molar-refractivity contribution >= 4 is 28.0 Å². The molecule has 4 aromatic rings. The maximum atomic E-state index is 12.7. The van der Waals surface area contributed by atoms with E-state index in [0.717, 1.165) is 16.7 Å². The van der Waals surface area contributed by atoms with Gasteiger partial charge in [0.2, 0.25) is 5.58 Å². The molecule has 0 bridgehead atoms. The lowest BCUT2D eigenvalue weighted by Gasteiger charge is -2.10. The molecule has 0 saturated carbocycles. The molecular weight excluding hydrogens is 389 g/mol. The average molecular weight is 402 g/mol. The number of halogens is 3. The van der Waals surface area contributed by atoms with E-state index in [1.165, 1.54) is 18.5 Å². The summed E-state index contributed by atoms with van der Waals surface area (Å²) in [6.45, 7) is -0.796. The molecule has 2 heterocycles. The number of esters is 1. The maximum Gasteiger partial charge on any atom is 0.416 e. The number of benzene rings is 2. The van der Waals surface area contributed by atoms with Crippen molar-refractivity contribution < 1.29 is 27.1 Å². The smallest absolute Gasteiger partial charge is 0.416 e. The molecule has 148 valence electrons. The number of aromatic nitrogens is 2. The first-order chi connectivity index (χ1) is 13.8. The normalized spacial score (nSPS) is 11.8.